The van der Waals surface area contributed by atoms with Gasteiger partial charge in [0.15, 0.2) is 0 Å². The zero-order valence-corrected chi connectivity index (χ0v) is 13.6. The first kappa shape index (κ1) is 17.7. The summed E-state index contributed by atoms with van der Waals surface area (Å²) in [5, 5.41) is 15.8. The molecule has 128 valence electrons. The number of carbonyl (C=O) groups is 1. The van der Waals surface area contributed by atoms with Crippen LogP contribution in [0, 0.1) is 5.82 Å². The second kappa shape index (κ2) is 8.26. The summed E-state index contributed by atoms with van der Waals surface area (Å²) < 4.78 is 12.9. The summed E-state index contributed by atoms with van der Waals surface area (Å²) in [6.45, 7) is 5.29. The van der Waals surface area contributed by atoms with E-state index in [9.17, 15) is 14.3 Å². The van der Waals surface area contributed by atoms with Crippen LogP contribution < -0.4 is 10.6 Å². The largest absolute Gasteiger partial charge is 0.384 e. The van der Waals surface area contributed by atoms with Gasteiger partial charge < -0.3 is 20.6 Å². The highest BCUT2D eigenvalue weighted by Crippen LogP contribution is 2.19. The number of halogens is 1. The topological polar surface area (TPSA) is 64.6 Å². The van der Waals surface area contributed by atoms with Crippen molar-refractivity contribution in [3.8, 4) is 0 Å². The third kappa shape index (κ3) is 5.80. The minimum absolute atomic E-state index is 0.0637. The number of likely N-dealkylation sites (tertiary alicyclic amines) is 1. The van der Waals surface area contributed by atoms with Gasteiger partial charge >= 0.3 is 6.03 Å². The van der Waals surface area contributed by atoms with Gasteiger partial charge in [-0.3, -0.25) is 0 Å². The molecule has 6 heteroatoms. The summed E-state index contributed by atoms with van der Waals surface area (Å²) >= 11 is 0. The molecule has 0 radical (unpaired) electrons. The van der Waals surface area contributed by atoms with Crippen LogP contribution in [0.1, 0.15) is 31.7 Å². The minimum Gasteiger partial charge on any atom is -0.384 e. The summed E-state index contributed by atoms with van der Waals surface area (Å²) in [5.41, 5.74) is -0.676. The van der Waals surface area contributed by atoms with Gasteiger partial charge in [-0.1, -0.05) is 18.6 Å². The van der Waals surface area contributed by atoms with Gasteiger partial charge in [-0.25, -0.2) is 9.18 Å². The smallest absolute Gasteiger partial charge is 0.314 e. The molecule has 0 bridgehead atoms. The van der Waals surface area contributed by atoms with E-state index >= 15 is 0 Å². The summed E-state index contributed by atoms with van der Waals surface area (Å²) in [5.74, 6) is -0.354. The molecule has 0 aliphatic carbocycles. The maximum atomic E-state index is 12.9. The number of piperidine rings is 1. The van der Waals surface area contributed by atoms with Gasteiger partial charge in [-0.05, 0) is 50.6 Å². The van der Waals surface area contributed by atoms with E-state index in [1.165, 1.54) is 43.5 Å². The lowest BCUT2D eigenvalue weighted by Gasteiger charge is -2.27. The molecule has 2 rings (SSSR count). The maximum absolute atomic E-state index is 12.9. The van der Waals surface area contributed by atoms with E-state index in [0.29, 0.717) is 12.1 Å². The lowest BCUT2D eigenvalue weighted by atomic mass is 9.96. The molecular weight excluding hydrogens is 297 g/mol. The van der Waals surface area contributed by atoms with E-state index in [-0.39, 0.29) is 18.4 Å². The van der Waals surface area contributed by atoms with E-state index in [2.05, 4.69) is 15.5 Å². The number of benzene rings is 1. The van der Waals surface area contributed by atoms with E-state index in [1.54, 1.807) is 6.92 Å². The predicted octanol–water partition coefficient (Wildman–Crippen LogP) is 1.82. The van der Waals surface area contributed by atoms with Crippen molar-refractivity contribution in [1.82, 2.24) is 15.5 Å². The fraction of sp³-hybridized carbons (Fsp3) is 0.588. The highest BCUT2D eigenvalue weighted by molar-refractivity contribution is 5.73. The molecule has 1 fully saturated rings. The number of nitrogens with zero attached hydrogens (tertiary/aromatic N) is 1. The zero-order valence-electron chi connectivity index (χ0n) is 13.6. The van der Waals surface area contributed by atoms with Crippen LogP contribution in [-0.2, 0) is 5.60 Å². The second-order valence-electron chi connectivity index (χ2n) is 6.29. The normalized spacial score (nSPS) is 18.2. The average molecular weight is 323 g/mol. The monoisotopic (exact) mass is 323 g/mol. The van der Waals surface area contributed by atoms with Crippen LogP contribution in [0.2, 0.25) is 0 Å². The molecule has 1 aliphatic rings. The van der Waals surface area contributed by atoms with E-state index in [1.807, 2.05) is 0 Å². The number of hydrogen-bond donors (Lipinski definition) is 3. The molecule has 5 nitrogen and oxygen atoms in total. The molecular formula is C17H26FN3O2. The molecule has 0 spiro atoms. The molecule has 2 amide bonds. The van der Waals surface area contributed by atoms with E-state index in [4.69, 9.17) is 0 Å². The van der Waals surface area contributed by atoms with Crippen LogP contribution in [0.25, 0.3) is 0 Å². The van der Waals surface area contributed by atoms with Crippen LogP contribution in [0.5, 0.6) is 0 Å². The first-order valence-electron chi connectivity index (χ1n) is 8.20. The summed E-state index contributed by atoms with van der Waals surface area (Å²) in [7, 11) is 0. The lowest BCUT2D eigenvalue weighted by Crippen LogP contribution is -2.45. The van der Waals surface area contributed by atoms with Gasteiger partial charge in [0, 0.05) is 13.1 Å². The lowest BCUT2D eigenvalue weighted by molar-refractivity contribution is 0.0593. The quantitative estimate of drug-likeness (QED) is 0.748. The van der Waals surface area contributed by atoms with E-state index < -0.39 is 5.60 Å². The van der Waals surface area contributed by atoms with Crippen LogP contribution in [0.15, 0.2) is 24.3 Å². The van der Waals surface area contributed by atoms with Gasteiger partial charge in [0.05, 0.1) is 6.54 Å². The van der Waals surface area contributed by atoms with Crippen molar-refractivity contribution in [3.05, 3.63) is 35.6 Å². The minimum atomic E-state index is -1.24. The summed E-state index contributed by atoms with van der Waals surface area (Å²) in [4.78, 5) is 14.2. The number of hydrogen-bond acceptors (Lipinski definition) is 3. The molecule has 1 aromatic rings. The molecule has 23 heavy (non-hydrogen) atoms. The Morgan fingerprint density at radius 1 is 1.22 bits per heavy atom. The Bertz CT molecular complexity index is 499. The third-order valence-corrected chi connectivity index (χ3v) is 4.22. The summed E-state index contributed by atoms with van der Waals surface area (Å²) in [6, 6.07) is 5.33. The number of amides is 2. The van der Waals surface area contributed by atoms with Crippen LogP contribution in [0.4, 0.5) is 9.18 Å². The fourth-order valence-corrected chi connectivity index (χ4v) is 2.74. The van der Waals surface area contributed by atoms with Crippen molar-refractivity contribution >= 4 is 6.03 Å². The molecule has 1 unspecified atom stereocenters. The maximum Gasteiger partial charge on any atom is 0.314 e. The van der Waals surface area contributed by atoms with Gasteiger partial charge in [0.1, 0.15) is 11.4 Å². The first-order chi connectivity index (χ1) is 11.0. The van der Waals surface area contributed by atoms with Crippen molar-refractivity contribution in [1.29, 1.82) is 0 Å². The van der Waals surface area contributed by atoms with Crippen molar-refractivity contribution in [2.24, 2.45) is 0 Å². The molecule has 0 aromatic heterocycles. The van der Waals surface area contributed by atoms with Gasteiger partial charge in [-0.2, -0.15) is 0 Å². The Labute approximate surface area is 136 Å². The van der Waals surface area contributed by atoms with Gasteiger partial charge in [0.2, 0.25) is 0 Å². The Balaban J connectivity index is 1.69. The highest BCUT2D eigenvalue weighted by Gasteiger charge is 2.23. The van der Waals surface area contributed by atoms with Gasteiger partial charge in [0.25, 0.3) is 0 Å². The molecule has 1 saturated heterocycles. The van der Waals surface area contributed by atoms with Crippen LogP contribution in [0.3, 0.4) is 0 Å². The SMILES string of the molecule is CC(O)(CNC(=O)NCCN1CCCCC1)c1ccc(F)cc1. The Morgan fingerprint density at radius 3 is 2.52 bits per heavy atom. The predicted molar refractivity (Wildman–Crippen MR) is 87.7 cm³/mol. The summed E-state index contributed by atoms with van der Waals surface area (Å²) in [6.07, 6.45) is 3.75. The number of nitrogens with one attached hydrogen (secondary N) is 2. The Morgan fingerprint density at radius 2 is 1.87 bits per heavy atom. The number of rotatable bonds is 6. The molecule has 3 N–H and O–H groups in total. The number of urea groups is 1. The Kier molecular flexibility index (Phi) is 6.36. The van der Waals surface area contributed by atoms with Crippen LogP contribution in [-0.4, -0.2) is 48.8 Å². The average Bonchev–Trinajstić information content (AvgIpc) is 2.54. The van der Waals surface area contributed by atoms with Crippen molar-refractivity contribution in [2.75, 3.05) is 32.7 Å². The number of aliphatic hydroxyl groups is 1. The second-order valence-corrected chi connectivity index (χ2v) is 6.29. The zero-order chi connectivity index (χ0) is 16.7. The van der Waals surface area contributed by atoms with E-state index in [0.717, 1.165) is 19.6 Å². The van der Waals surface area contributed by atoms with Crippen molar-refractivity contribution < 1.29 is 14.3 Å². The third-order valence-electron chi connectivity index (χ3n) is 4.22. The Hall–Kier alpha value is -1.66. The van der Waals surface area contributed by atoms with Crippen molar-refractivity contribution in [3.63, 3.8) is 0 Å². The fourth-order valence-electron chi connectivity index (χ4n) is 2.74. The molecule has 0 saturated carbocycles. The molecule has 1 atom stereocenters. The first-order valence-corrected chi connectivity index (χ1v) is 8.20. The molecule has 1 heterocycles. The standard InChI is InChI=1S/C17H26FN3O2/c1-17(23,14-5-7-15(18)8-6-14)13-20-16(22)19-9-12-21-10-3-2-4-11-21/h5-8,23H,2-4,9-13H2,1H3,(H2,19,20,22). The van der Waals surface area contributed by atoms with Crippen molar-refractivity contribution in [2.45, 2.75) is 31.8 Å². The molecule has 1 aliphatic heterocycles. The molecule has 1 aromatic carbocycles. The van der Waals surface area contributed by atoms with Gasteiger partial charge in [-0.15, -0.1) is 0 Å². The number of carbonyl (C=O) groups excluding carboxylic acids is 1. The van der Waals surface area contributed by atoms with Crippen LogP contribution >= 0.6 is 0 Å². The highest BCUT2D eigenvalue weighted by atomic mass is 19.1.